The molecule has 4 aromatic rings. The highest BCUT2D eigenvalue weighted by Gasteiger charge is 2.15. The first-order chi connectivity index (χ1) is 18.1. The summed E-state index contributed by atoms with van der Waals surface area (Å²) in [5.74, 6) is 0.695. The highest BCUT2D eigenvalue weighted by Crippen LogP contribution is 2.25. The van der Waals surface area contributed by atoms with Crippen LogP contribution in [0, 0.1) is 6.92 Å². The van der Waals surface area contributed by atoms with Crippen molar-refractivity contribution in [3.05, 3.63) is 92.4 Å². The van der Waals surface area contributed by atoms with Crippen LogP contribution in [0.25, 0.3) is 10.9 Å². The number of hydrogen-bond acceptors (Lipinski definition) is 6. The number of carbonyl (C=O) groups excluding carboxylic acids is 1. The number of aromatic nitrogens is 2. The van der Waals surface area contributed by atoms with Crippen LogP contribution in [-0.4, -0.2) is 42.5 Å². The van der Waals surface area contributed by atoms with Crippen LogP contribution in [0.3, 0.4) is 0 Å². The standard InChI is InChI=1S/C29H30BrN5O3/c1-18(2)28-33-25-13-9-21(30)14-24(25)29(37)35(28)31-16-20-8-12-23(34(4)5)15-26(20)38-17-27(36)32-22-10-6-19(3)7-11-22/h6-16,18H,17H2,1-5H3,(H,32,36). The van der Waals surface area contributed by atoms with Crippen molar-refractivity contribution < 1.29 is 9.53 Å². The first-order valence-corrected chi connectivity index (χ1v) is 13.0. The lowest BCUT2D eigenvalue weighted by Crippen LogP contribution is -2.23. The number of halogens is 1. The van der Waals surface area contributed by atoms with Crippen molar-refractivity contribution in [2.75, 3.05) is 30.9 Å². The Morgan fingerprint density at radius 1 is 1.13 bits per heavy atom. The largest absolute Gasteiger partial charge is 0.483 e. The zero-order valence-electron chi connectivity index (χ0n) is 22.0. The summed E-state index contributed by atoms with van der Waals surface area (Å²) in [5, 5.41) is 7.83. The van der Waals surface area contributed by atoms with Gasteiger partial charge in [-0.05, 0) is 49.4 Å². The number of fused-ring (bicyclic) bond motifs is 1. The monoisotopic (exact) mass is 575 g/mol. The Morgan fingerprint density at radius 3 is 2.55 bits per heavy atom. The number of amides is 1. The molecule has 0 spiro atoms. The van der Waals surface area contributed by atoms with Crippen molar-refractivity contribution in [3.8, 4) is 5.75 Å². The molecule has 3 aromatic carbocycles. The van der Waals surface area contributed by atoms with Gasteiger partial charge in [-0.2, -0.15) is 9.78 Å². The van der Waals surface area contributed by atoms with E-state index in [0.29, 0.717) is 33.7 Å². The summed E-state index contributed by atoms with van der Waals surface area (Å²) in [4.78, 5) is 32.5. The van der Waals surface area contributed by atoms with Crippen LogP contribution in [0.15, 0.2) is 75.0 Å². The average Bonchev–Trinajstić information content (AvgIpc) is 2.88. The van der Waals surface area contributed by atoms with E-state index in [2.05, 4.69) is 26.3 Å². The van der Waals surface area contributed by atoms with E-state index in [9.17, 15) is 9.59 Å². The third kappa shape index (κ3) is 6.28. The molecule has 38 heavy (non-hydrogen) atoms. The molecule has 0 radical (unpaired) electrons. The second kappa shape index (κ2) is 11.6. The molecule has 8 nitrogen and oxygen atoms in total. The molecule has 0 bridgehead atoms. The van der Waals surface area contributed by atoms with Gasteiger partial charge in [-0.1, -0.05) is 47.5 Å². The van der Waals surface area contributed by atoms with Crippen LogP contribution < -0.4 is 20.5 Å². The van der Waals surface area contributed by atoms with Gasteiger partial charge >= 0.3 is 0 Å². The Morgan fingerprint density at radius 2 is 1.87 bits per heavy atom. The van der Waals surface area contributed by atoms with Crippen molar-refractivity contribution in [1.82, 2.24) is 9.66 Å². The summed E-state index contributed by atoms with van der Waals surface area (Å²) in [7, 11) is 3.84. The van der Waals surface area contributed by atoms with Gasteiger partial charge in [0.1, 0.15) is 11.6 Å². The molecule has 9 heteroatoms. The first-order valence-electron chi connectivity index (χ1n) is 12.2. The molecular weight excluding hydrogens is 546 g/mol. The number of anilines is 2. The molecule has 1 aromatic heterocycles. The fourth-order valence-corrected chi connectivity index (χ4v) is 4.14. The van der Waals surface area contributed by atoms with Crippen molar-refractivity contribution >= 4 is 50.3 Å². The Balaban J connectivity index is 1.65. The van der Waals surface area contributed by atoms with Crippen LogP contribution in [0.1, 0.15) is 36.7 Å². The average molecular weight is 576 g/mol. The van der Waals surface area contributed by atoms with E-state index in [0.717, 1.165) is 15.7 Å². The fourth-order valence-electron chi connectivity index (χ4n) is 3.78. The number of rotatable bonds is 8. The number of carbonyl (C=O) groups is 1. The van der Waals surface area contributed by atoms with E-state index in [1.807, 2.05) is 94.4 Å². The van der Waals surface area contributed by atoms with E-state index in [1.165, 1.54) is 4.68 Å². The van der Waals surface area contributed by atoms with Crippen molar-refractivity contribution in [2.24, 2.45) is 5.10 Å². The smallest absolute Gasteiger partial charge is 0.282 e. The molecule has 0 aliphatic heterocycles. The number of benzene rings is 3. The number of ether oxygens (including phenoxy) is 1. The van der Waals surface area contributed by atoms with E-state index in [1.54, 1.807) is 12.3 Å². The molecule has 0 unspecified atom stereocenters. The minimum atomic E-state index is -0.283. The molecule has 0 atom stereocenters. The summed E-state index contributed by atoms with van der Waals surface area (Å²) in [6.07, 6.45) is 1.56. The lowest BCUT2D eigenvalue weighted by molar-refractivity contribution is -0.118. The molecule has 0 aliphatic carbocycles. The van der Waals surface area contributed by atoms with Gasteiger partial charge in [-0.25, -0.2) is 4.98 Å². The molecule has 1 heterocycles. The lowest BCUT2D eigenvalue weighted by atomic mass is 10.1. The molecule has 4 rings (SSSR count). The zero-order valence-corrected chi connectivity index (χ0v) is 23.6. The topological polar surface area (TPSA) is 88.8 Å². The Hall–Kier alpha value is -3.98. The lowest BCUT2D eigenvalue weighted by Gasteiger charge is -2.16. The van der Waals surface area contributed by atoms with Gasteiger partial charge < -0.3 is 15.0 Å². The van der Waals surface area contributed by atoms with Gasteiger partial charge in [0.15, 0.2) is 6.61 Å². The van der Waals surface area contributed by atoms with Crippen molar-refractivity contribution in [1.29, 1.82) is 0 Å². The maximum Gasteiger partial charge on any atom is 0.282 e. The summed E-state index contributed by atoms with van der Waals surface area (Å²) in [6.45, 7) is 5.73. The first kappa shape index (κ1) is 27.1. The van der Waals surface area contributed by atoms with Gasteiger partial charge in [0, 0.05) is 47.5 Å². The van der Waals surface area contributed by atoms with Gasteiger partial charge in [0.2, 0.25) is 0 Å². The molecular formula is C29H30BrN5O3. The maximum atomic E-state index is 13.4. The molecule has 196 valence electrons. The van der Waals surface area contributed by atoms with E-state index < -0.39 is 0 Å². The quantitative estimate of drug-likeness (QED) is 0.278. The number of nitrogens with one attached hydrogen (secondary N) is 1. The second-order valence-corrected chi connectivity index (χ2v) is 10.4. The highest BCUT2D eigenvalue weighted by molar-refractivity contribution is 9.10. The number of nitrogens with zero attached hydrogens (tertiary/aromatic N) is 4. The molecule has 1 N–H and O–H groups in total. The highest BCUT2D eigenvalue weighted by atomic mass is 79.9. The molecule has 1 amide bonds. The van der Waals surface area contributed by atoms with Crippen LogP contribution in [0.4, 0.5) is 11.4 Å². The van der Waals surface area contributed by atoms with Crippen molar-refractivity contribution in [2.45, 2.75) is 26.7 Å². The summed E-state index contributed by atoms with van der Waals surface area (Å²) >= 11 is 3.43. The number of hydrogen-bond donors (Lipinski definition) is 1. The van der Waals surface area contributed by atoms with E-state index in [4.69, 9.17) is 9.72 Å². The van der Waals surface area contributed by atoms with Crippen LogP contribution in [0.5, 0.6) is 5.75 Å². The van der Waals surface area contributed by atoms with Crippen LogP contribution >= 0.6 is 15.9 Å². The van der Waals surface area contributed by atoms with Gasteiger partial charge in [-0.15, -0.1) is 0 Å². The normalized spacial score (nSPS) is 11.3. The molecule has 0 saturated heterocycles. The zero-order chi connectivity index (χ0) is 27.4. The van der Waals surface area contributed by atoms with E-state index in [-0.39, 0.29) is 24.0 Å². The Labute approximate surface area is 230 Å². The fraction of sp³-hybridized carbons (Fsp3) is 0.241. The van der Waals surface area contributed by atoms with Gasteiger partial charge in [0.25, 0.3) is 11.5 Å². The minimum absolute atomic E-state index is 0.0368. The predicted molar refractivity (Wildman–Crippen MR) is 157 cm³/mol. The SMILES string of the molecule is Cc1ccc(NC(=O)COc2cc(N(C)C)ccc2C=Nn2c(C(C)C)nc3ccc(Br)cc3c2=O)cc1. The summed E-state index contributed by atoms with van der Waals surface area (Å²) in [5.41, 5.74) is 3.68. The predicted octanol–water partition coefficient (Wildman–Crippen LogP) is 5.56. The third-order valence-electron chi connectivity index (χ3n) is 5.87. The van der Waals surface area contributed by atoms with Crippen LogP contribution in [-0.2, 0) is 4.79 Å². The van der Waals surface area contributed by atoms with Gasteiger partial charge in [-0.3, -0.25) is 9.59 Å². The van der Waals surface area contributed by atoms with Crippen molar-refractivity contribution in [3.63, 3.8) is 0 Å². The molecule has 0 saturated carbocycles. The summed E-state index contributed by atoms with van der Waals surface area (Å²) in [6, 6.07) is 18.6. The molecule has 0 aliphatic rings. The Bertz CT molecular complexity index is 1560. The van der Waals surface area contributed by atoms with Crippen LogP contribution in [0.2, 0.25) is 0 Å². The minimum Gasteiger partial charge on any atom is -0.483 e. The third-order valence-corrected chi connectivity index (χ3v) is 6.36. The summed E-state index contributed by atoms with van der Waals surface area (Å²) < 4.78 is 8.04. The second-order valence-electron chi connectivity index (χ2n) is 9.47. The Kier molecular flexibility index (Phi) is 8.26. The molecule has 0 fully saturated rings. The maximum absolute atomic E-state index is 13.4. The number of aryl methyl sites for hydroxylation is 1. The van der Waals surface area contributed by atoms with E-state index >= 15 is 0 Å². The van der Waals surface area contributed by atoms with Gasteiger partial charge in [0.05, 0.1) is 17.1 Å².